The summed E-state index contributed by atoms with van der Waals surface area (Å²) in [6.45, 7) is 10.2. The van der Waals surface area contributed by atoms with Crippen molar-refractivity contribution >= 4 is 0 Å². The largest absolute Gasteiger partial charge is 0.305 e. The predicted octanol–water partition coefficient (Wildman–Crippen LogP) is 2.79. The summed E-state index contributed by atoms with van der Waals surface area (Å²) in [7, 11) is 0. The van der Waals surface area contributed by atoms with Gasteiger partial charge in [0.2, 0.25) is 0 Å². The summed E-state index contributed by atoms with van der Waals surface area (Å²) in [5, 5.41) is 16.5. The van der Waals surface area contributed by atoms with Gasteiger partial charge in [0.05, 0.1) is 23.1 Å². The first-order valence-electron chi connectivity index (χ1n) is 7.73. The molecule has 2 aromatic rings. The van der Waals surface area contributed by atoms with Crippen LogP contribution in [0.25, 0.3) is 0 Å². The smallest absolute Gasteiger partial charge is 0.0767 e. The monoisotopic (exact) mass is 287 g/mol. The Labute approximate surface area is 126 Å². The molecule has 0 aliphatic rings. The highest BCUT2D eigenvalue weighted by Crippen LogP contribution is 2.24. The summed E-state index contributed by atoms with van der Waals surface area (Å²) in [6.07, 6.45) is 4.04. The number of aryl methyl sites for hydroxylation is 3. The van der Waals surface area contributed by atoms with Crippen molar-refractivity contribution in [2.75, 3.05) is 6.54 Å². The molecule has 0 radical (unpaired) electrons. The minimum absolute atomic E-state index is 0.119. The van der Waals surface area contributed by atoms with Gasteiger partial charge < -0.3 is 5.32 Å². The van der Waals surface area contributed by atoms with Gasteiger partial charge in [-0.15, -0.1) is 0 Å². The van der Waals surface area contributed by atoms with E-state index >= 15 is 0 Å². The van der Waals surface area contributed by atoms with E-state index in [0.717, 1.165) is 37.3 Å². The molecule has 21 heavy (non-hydrogen) atoms. The van der Waals surface area contributed by atoms with Gasteiger partial charge in [0.25, 0.3) is 0 Å². The maximum atomic E-state index is 4.45. The van der Waals surface area contributed by atoms with Crippen LogP contribution in [0.15, 0.2) is 18.3 Å². The molecule has 0 aromatic carbocycles. The highest BCUT2D eigenvalue weighted by Gasteiger charge is 2.20. The van der Waals surface area contributed by atoms with E-state index in [-0.39, 0.29) is 6.04 Å². The standard InChI is InChI=1S/C16H25N5/c1-5-8-17-16(14-11-12(3)19-20-13(14)4)15-7-9-18-21(15)10-6-2/h7,9,11,16-17H,5-6,8,10H2,1-4H3. The molecule has 0 spiro atoms. The van der Waals surface area contributed by atoms with E-state index in [4.69, 9.17) is 0 Å². The Bertz CT molecular complexity index is 576. The highest BCUT2D eigenvalue weighted by molar-refractivity contribution is 5.31. The Morgan fingerprint density at radius 1 is 1.19 bits per heavy atom. The van der Waals surface area contributed by atoms with Crippen LogP contribution in [0.5, 0.6) is 0 Å². The average molecular weight is 287 g/mol. The lowest BCUT2D eigenvalue weighted by Crippen LogP contribution is -2.27. The minimum Gasteiger partial charge on any atom is -0.305 e. The van der Waals surface area contributed by atoms with Gasteiger partial charge >= 0.3 is 0 Å². The third kappa shape index (κ3) is 3.67. The molecule has 0 saturated carbocycles. The predicted molar refractivity (Wildman–Crippen MR) is 84.2 cm³/mol. The van der Waals surface area contributed by atoms with Crippen molar-refractivity contribution in [3.8, 4) is 0 Å². The molecular weight excluding hydrogens is 262 g/mol. The number of nitrogens with zero attached hydrogens (tertiary/aromatic N) is 4. The Kier molecular flexibility index (Phi) is 5.44. The van der Waals surface area contributed by atoms with E-state index in [1.807, 2.05) is 20.0 Å². The van der Waals surface area contributed by atoms with Gasteiger partial charge in [-0.05, 0) is 45.4 Å². The summed E-state index contributed by atoms with van der Waals surface area (Å²) in [5.41, 5.74) is 4.30. The van der Waals surface area contributed by atoms with E-state index in [2.05, 4.69) is 51.3 Å². The maximum absolute atomic E-state index is 4.45. The normalized spacial score (nSPS) is 12.6. The Morgan fingerprint density at radius 3 is 2.71 bits per heavy atom. The molecular formula is C16H25N5. The fourth-order valence-electron chi connectivity index (χ4n) is 2.51. The van der Waals surface area contributed by atoms with Crippen LogP contribution in [0.3, 0.4) is 0 Å². The first-order chi connectivity index (χ1) is 10.2. The lowest BCUT2D eigenvalue weighted by molar-refractivity contribution is 0.508. The SMILES string of the molecule is CCCNC(c1cc(C)nnc1C)c1ccnn1CCC. The van der Waals surface area contributed by atoms with Gasteiger partial charge in [-0.1, -0.05) is 13.8 Å². The second-order valence-corrected chi connectivity index (χ2v) is 5.39. The van der Waals surface area contributed by atoms with Crippen molar-refractivity contribution in [3.63, 3.8) is 0 Å². The topological polar surface area (TPSA) is 55.6 Å². The molecule has 2 aromatic heterocycles. The zero-order chi connectivity index (χ0) is 15.2. The van der Waals surface area contributed by atoms with Gasteiger partial charge in [0, 0.05) is 18.3 Å². The molecule has 2 rings (SSSR count). The van der Waals surface area contributed by atoms with Crippen LogP contribution < -0.4 is 5.32 Å². The Morgan fingerprint density at radius 2 is 2.00 bits per heavy atom. The van der Waals surface area contributed by atoms with Gasteiger partial charge in [-0.25, -0.2) is 0 Å². The second-order valence-electron chi connectivity index (χ2n) is 5.39. The van der Waals surface area contributed by atoms with Crippen LogP contribution in [0.2, 0.25) is 0 Å². The fourth-order valence-corrected chi connectivity index (χ4v) is 2.51. The van der Waals surface area contributed by atoms with Gasteiger partial charge in [0.1, 0.15) is 0 Å². The first-order valence-corrected chi connectivity index (χ1v) is 7.73. The third-order valence-electron chi connectivity index (χ3n) is 3.53. The van der Waals surface area contributed by atoms with E-state index in [1.165, 1.54) is 11.3 Å². The summed E-state index contributed by atoms with van der Waals surface area (Å²) >= 11 is 0. The molecule has 5 nitrogen and oxygen atoms in total. The molecule has 0 saturated heterocycles. The lowest BCUT2D eigenvalue weighted by Gasteiger charge is -2.21. The molecule has 5 heteroatoms. The zero-order valence-electron chi connectivity index (χ0n) is 13.4. The number of hydrogen-bond donors (Lipinski definition) is 1. The summed E-state index contributed by atoms with van der Waals surface area (Å²) < 4.78 is 2.09. The van der Waals surface area contributed by atoms with E-state index in [0.29, 0.717) is 0 Å². The molecule has 114 valence electrons. The first kappa shape index (κ1) is 15.6. The number of nitrogens with one attached hydrogen (secondary N) is 1. The number of rotatable bonds is 7. The average Bonchev–Trinajstić information content (AvgIpc) is 2.92. The van der Waals surface area contributed by atoms with E-state index < -0.39 is 0 Å². The number of aromatic nitrogens is 4. The maximum Gasteiger partial charge on any atom is 0.0767 e. The molecule has 0 amide bonds. The van der Waals surface area contributed by atoms with Crippen molar-refractivity contribution in [2.45, 2.75) is 53.1 Å². The molecule has 1 atom stereocenters. The lowest BCUT2D eigenvalue weighted by atomic mass is 10.0. The summed E-state index contributed by atoms with van der Waals surface area (Å²) in [4.78, 5) is 0. The second kappa shape index (κ2) is 7.31. The molecule has 1 N–H and O–H groups in total. The van der Waals surface area contributed by atoms with Crippen LogP contribution in [-0.4, -0.2) is 26.5 Å². The molecule has 1 unspecified atom stereocenters. The minimum atomic E-state index is 0.119. The fraction of sp³-hybridized carbons (Fsp3) is 0.562. The molecule has 0 aliphatic carbocycles. The van der Waals surface area contributed by atoms with Crippen molar-refractivity contribution in [1.29, 1.82) is 0 Å². The molecule has 0 bridgehead atoms. The van der Waals surface area contributed by atoms with Crippen LogP contribution in [-0.2, 0) is 6.54 Å². The molecule has 0 fully saturated rings. The van der Waals surface area contributed by atoms with Crippen LogP contribution in [0, 0.1) is 13.8 Å². The van der Waals surface area contributed by atoms with Gasteiger partial charge in [-0.2, -0.15) is 15.3 Å². The summed E-state index contributed by atoms with van der Waals surface area (Å²) in [5.74, 6) is 0. The van der Waals surface area contributed by atoms with Crippen molar-refractivity contribution in [2.24, 2.45) is 0 Å². The van der Waals surface area contributed by atoms with Crippen LogP contribution in [0.4, 0.5) is 0 Å². The van der Waals surface area contributed by atoms with Crippen LogP contribution >= 0.6 is 0 Å². The number of hydrogen-bond acceptors (Lipinski definition) is 4. The van der Waals surface area contributed by atoms with Crippen LogP contribution in [0.1, 0.15) is 55.4 Å². The Balaban J connectivity index is 2.42. The summed E-state index contributed by atoms with van der Waals surface area (Å²) in [6, 6.07) is 4.34. The molecule has 0 aliphatic heterocycles. The van der Waals surface area contributed by atoms with Crippen molar-refractivity contribution < 1.29 is 0 Å². The van der Waals surface area contributed by atoms with Gasteiger partial charge in [-0.3, -0.25) is 4.68 Å². The van der Waals surface area contributed by atoms with Crippen molar-refractivity contribution in [1.82, 2.24) is 25.3 Å². The highest BCUT2D eigenvalue weighted by atomic mass is 15.3. The third-order valence-corrected chi connectivity index (χ3v) is 3.53. The van der Waals surface area contributed by atoms with E-state index in [1.54, 1.807) is 0 Å². The van der Waals surface area contributed by atoms with Gasteiger partial charge in [0.15, 0.2) is 0 Å². The quantitative estimate of drug-likeness (QED) is 0.851. The van der Waals surface area contributed by atoms with Crippen molar-refractivity contribution in [3.05, 3.63) is 41.0 Å². The molecule has 2 heterocycles. The zero-order valence-corrected chi connectivity index (χ0v) is 13.4. The Hall–Kier alpha value is -1.75. The van der Waals surface area contributed by atoms with E-state index in [9.17, 15) is 0 Å².